The van der Waals surface area contributed by atoms with Crippen LogP contribution in [0.15, 0.2) is 17.3 Å². The van der Waals surface area contributed by atoms with Gasteiger partial charge in [-0.1, -0.05) is 35.2 Å². The second-order valence-electron chi connectivity index (χ2n) is 5.34. The zero-order chi connectivity index (χ0) is 13.2. The van der Waals surface area contributed by atoms with Crippen molar-refractivity contribution in [2.45, 2.75) is 43.5 Å². The van der Waals surface area contributed by atoms with E-state index in [1.807, 2.05) is 0 Å². The summed E-state index contributed by atoms with van der Waals surface area (Å²) in [4.78, 5) is 0.308. The predicted octanol–water partition coefficient (Wildman–Crippen LogP) is 2.63. The predicted molar refractivity (Wildman–Crippen MR) is 74.6 cm³/mol. The van der Waals surface area contributed by atoms with E-state index in [0.29, 0.717) is 4.90 Å². The number of hydrogen-bond acceptors (Lipinski definition) is 3. The van der Waals surface area contributed by atoms with Gasteiger partial charge in [-0.05, 0) is 18.3 Å². The molecule has 102 valence electrons. The van der Waals surface area contributed by atoms with Gasteiger partial charge in [0, 0.05) is 24.3 Å². The third-order valence-corrected chi connectivity index (χ3v) is 5.99. The summed E-state index contributed by atoms with van der Waals surface area (Å²) in [5.74, 6) is 0. The minimum atomic E-state index is -3.14. The minimum absolute atomic E-state index is 0.235. The summed E-state index contributed by atoms with van der Waals surface area (Å²) in [6.07, 6.45) is 10.5. The van der Waals surface area contributed by atoms with Crippen LogP contribution in [-0.4, -0.2) is 29.8 Å². The number of hydrogen-bond donors (Lipinski definition) is 0. The Hall–Kier alpha value is -0.360. The molecule has 0 atom stereocenters. The normalized spacial score (nSPS) is 19.9. The van der Waals surface area contributed by atoms with Gasteiger partial charge in [0.1, 0.15) is 4.90 Å². The van der Waals surface area contributed by atoms with Gasteiger partial charge in [0.25, 0.3) is 0 Å². The molecule has 0 aromatic carbocycles. The lowest BCUT2D eigenvalue weighted by molar-refractivity contribution is 0.183. The van der Waals surface area contributed by atoms with Crippen LogP contribution in [0.4, 0.5) is 0 Å². The summed E-state index contributed by atoms with van der Waals surface area (Å²) in [6, 6.07) is 0. The molecule has 18 heavy (non-hydrogen) atoms. The highest BCUT2D eigenvalue weighted by atomic mass is 79.9. The molecular formula is C12H19BrN2O2S. The van der Waals surface area contributed by atoms with E-state index in [1.54, 1.807) is 10.9 Å². The summed E-state index contributed by atoms with van der Waals surface area (Å²) in [5.41, 5.74) is 0.235. The summed E-state index contributed by atoms with van der Waals surface area (Å²) >= 11 is 3.61. The van der Waals surface area contributed by atoms with E-state index in [9.17, 15) is 8.42 Å². The Morgan fingerprint density at radius 1 is 1.39 bits per heavy atom. The van der Waals surface area contributed by atoms with Crippen LogP contribution < -0.4 is 0 Å². The van der Waals surface area contributed by atoms with Crippen molar-refractivity contribution in [2.75, 3.05) is 11.6 Å². The van der Waals surface area contributed by atoms with E-state index in [1.165, 1.54) is 44.6 Å². The Morgan fingerprint density at radius 2 is 2.06 bits per heavy atom. The number of aromatic nitrogens is 2. The highest BCUT2D eigenvalue weighted by molar-refractivity contribution is 9.09. The van der Waals surface area contributed by atoms with E-state index in [4.69, 9.17) is 0 Å². The molecule has 6 heteroatoms. The average molecular weight is 335 g/mol. The van der Waals surface area contributed by atoms with Crippen molar-refractivity contribution in [3.63, 3.8) is 0 Å². The fourth-order valence-corrected chi connectivity index (χ4v) is 3.89. The van der Waals surface area contributed by atoms with E-state index < -0.39 is 9.84 Å². The molecule has 1 aliphatic carbocycles. The van der Waals surface area contributed by atoms with E-state index in [-0.39, 0.29) is 5.41 Å². The molecular weight excluding hydrogens is 316 g/mol. The van der Waals surface area contributed by atoms with Crippen LogP contribution in [0.2, 0.25) is 0 Å². The van der Waals surface area contributed by atoms with Crippen LogP contribution in [-0.2, 0) is 16.4 Å². The quantitative estimate of drug-likeness (QED) is 0.795. The molecule has 0 aliphatic heterocycles. The molecule has 0 saturated heterocycles. The third-order valence-electron chi connectivity index (χ3n) is 3.73. The van der Waals surface area contributed by atoms with Gasteiger partial charge in [-0.3, -0.25) is 4.68 Å². The van der Waals surface area contributed by atoms with Crippen molar-refractivity contribution in [1.29, 1.82) is 0 Å². The molecule has 1 aromatic heterocycles. The lowest BCUT2D eigenvalue weighted by Crippen LogP contribution is -2.31. The Labute approximate surface area is 117 Å². The average Bonchev–Trinajstić information content (AvgIpc) is 2.78. The second-order valence-corrected chi connectivity index (χ2v) is 7.92. The molecule has 1 fully saturated rings. The molecule has 0 bridgehead atoms. The zero-order valence-electron chi connectivity index (χ0n) is 10.6. The van der Waals surface area contributed by atoms with Crippen LogP contribution in [0.5, 0.6) is 0 Å². The maximum atomic E-state index is 11.4. The summed E-state index contributed by atoms with van der Waals surface area (Å²) in [6.45, 7) is 0.799. The Morgan fingerprint density at radius 3 is 2.56 bits per heavy atom. The highest BCUT2D eigenvalue weighted by Gasteiger charge is 2.31. The second kappa shape index (κ2) is 5.33. The Balaban J connectivity index is 2.15. The zero-order valence-corrected chi connectivity index (χ0v) is 13.0. The lowest BCUT2D eigenvalue weighted by atomic mass is 9.76. The van der Waals surface area contributed by atoms with Crippen LogP contribution in [0.3, 0.4) is 0 Å². The first-order chi connectivity index (χ1) is 8.45. The molecule has 1 aliphatic rings. The fourth-order valence-electron chi connectivity index (χ4n) is 2.60. The summed E-state index contributed by atoms with van der Waals surface area (Å²) in [7, 11) is -3.14. The van der Waals surface area contributed by atoms with Gasteiger partial charge in [0.05, 0.1) is 6.20 Å². The fraction of sp³-hybridized carbons (Fsp3) is 0.750. The Bertz CT molecular complexity index is 504. The smallest absolute Gasteiger partial charge is 0.178 e. The van der Waals surface area contributed by atoms with Crippen molar-refractivity contribution in [3.8, 4) is 0 Å². The highest BCUT2D eigenvalue weighted by Crippen LogP contribution is 2.39. The van der Waals surface area contributed by atoms with Gasteiger partial charge in [-0.2, -0.15) is 5.10 Å². The SMILES string of the molecule is CS(=O)(=O)c1cnn(CC2(CBr)CCCCC2)c1. The maximum Gasteiger partial charge on any atom is 0.178 e. The van der Waals surface area contributed by atoms with Crippen LogP contribution in [0, 0.1) is 5.41 Å². The molecule has 0 amide bonds. The lowest BCUT2D eigenvalue weighted by Gasteiger charge is -2.35. The van der Waals surface area contributed by atoms with Gasteiger partial charge >= 0.3 is 0 Å². The van der Waals surface area contributed by atoms with Gasteiger partial charge in [-0.25, -0.2) is 8.42 Å². The topological polar surface area (TPSA) is 52.0 Å². The van der Waals surface area contributed by atoms with E-state index in [0.717, 1.165) is 11.9 Å². The van der Waals surface area contributed by atoms with Crippen molar-refractivity contribution < 1.29 is 8.42 Å². The van der Waals surface area contributed by atoms with Gasteiger partial charge in [0.15, 0.2) is 9.84 Å². The molecule has 0 N–H and O–H groups in total. The molecule has 1 aromatic rings. The molecule has 1 saturated carbocycles. The monoisotopic (exact) mass is 334 g/mol. The van der Waals surface area contributed by atoms with E-state index >= 15 is 0 Å². The maximum absolute atomic E-state index is 11.4. The van der Waals surface area contributed by atoms with Gasteiger partial charge < -0.3 is 0 Å². The van der Waals surface area contributed by atoms with Crippen molar-refractivity contribution >= 4 is 25.8 Å². The first-order valence-electron chi connectivity index (χ1n) is 6.24. The van der Waals surface area contributed by atoms with Crippen molar-refractivity contribution in [2.24, 2.45) is 5.41 Å². The first-order valence-corrected chi connectivity index (χ1v) is 9.25. The van der Waals surface area contributed by atoms with Crippen molar-refractivity contribution in [3.05, 3.63) is 12.4 Å². The number of alkyl halides is 1. The van der Waals surface area contributed by atoms with Crippen LogP contribution >= 0.6 is 15.9 Å². The van der Waals surface area contributed by atoms with Gasteiger partial charge in [-0.15, -0.1) is 0 Å². The van der Waals surface area contributed by atoms with Crippen LogP contribution in [0.1, 0.15) is 32.1 Å². The number of rotatable bonds is 4. The largest absolute Gasteiger partial charge is 0.271 e. The standard InChI is InChI=1S/C12H19BrN2O2S/c1-18(16,17)11-7-14-15(8-11)10-12(9-13)5-3-2-4-6-12/h7-8H,2-6,9-10H2,1H3. The summed E-state index contributed by atoms with van der Waals surface area (Å²) in [5, 5.41) is 5.14. The first kappa shape index (κ1) is 14.1. The molecule has 1 heterocycles. The van der Waals surface area contributed by atoms with E-state index in [2.05, 4.69) is 21.0 Å². The number of nitrogens with zero attached hydrogens (tertiary/aromatic N) is 2. The summed E-state index contributed by atoms with van der Waals surface area (Å²) < 4.78 is 24.6. The van der Waals surface area contributed by atoms with Crippen LogP contribution in [0.25, 0.3) is 0 Å². The molecule has 0 unspecified atom stereocenters. The van der Waals surface area contributed by atoms with Gasteiger partial charge in [0.2, 0.25) is 0 Å². The number of sulfone groups is 1. The minimum Gasteiger partial charge on any atom is -0.271 e. The van der Waals surface area contributed by atoms with Crippen molar-refractivity contribution in [1.82, 2.24) is 9.78 Å². The molecule has 0 radical (unpaired) electrons. The third kappa shape index (κ3) is 3.15. The Kier molecular flexibility index (Phi) is 4.16. The molecule has 2 rings (SSSR count). The molecule has 0 spiro atoms. The molecule has 4 nitrogen and oxygen atoms in total. The number of halogens is 1.